The lowest BCUT2D eigenvalue weighted by molar-refractivity contribution is -0.168. The molecule has 6 nitrogen and oxygen atoms in total. The highest BCUT2D eigenvalue weighted by molar-refractivity contribution is 7.88. The summed E-state index contributed by atoms with van der Waals surface area (Å²) in [6.45, 7) is 6.31. The first-order chi connectivity index (χ1) is 16.1. The third-order valence-corrected chi connectivity index (χ3v) is 9.06. The standard InChI is InChI=1S/C24H28F4N2O4S/c1-13(6-19(31)30-14-7-22(2)8-15(30)10-23(3,9-14)12-22)16-11-29-18-5-4-17(25)21(20(16)18)34-35(32,33)24(26,27)28/h4-5,11,13-15,29H,6-10,12H2,1-3H3. The molecule has 1 aromatic carbocycles. The van der Waals surface area contributed by atoms with Crippen LogP contribution in [0.4, 0.5) is 17.6 Å². The molecule has 1 unspecified atom stereocenters. The number of alkyl halides is 3. The van der Waals surface area contributed by atoms with Gasteiger partial charge in [0.1, 0.15) is 0 Å². The Morgan fingerprint density at radius 3 is 2.29 bits per heavy atom. The highest BCUT2D eigenvalue weighted by atomic mass is 32.2. The summed E-state index contributed by atoms with van der Waals surface area (Å²) in [6.07, 6.45) is 6.56. The molecular formula is C24H28F4N2O4S. The van der Waals surface area contributed by atoms with Crippen LogP contribution in [-0.2, 0) is 14.9 Å². The van der Waals surface area contributed by atoms with Crippen LogP contribution in [0.5, 0.6) is 5.75 Å². The second kappa shape index (κ2) is 7.60. The Bertz CT molecular complexity index is 1270. The minimum atomic E-state index is -6.08. The molecule has 3 heterocycles. The molecular weight excluding hydrogens is 488 g/mol. The first-order valence-corrected chi connectivity index (χ1v) is 13.1. The molecule has 6 rings (SSSR count). The third-order valence-electron chi connectivity index (χ3n) is 8.11. The Labute approximate surface area is 201 Å². The number of benzene rings is 1. The van der Waals surface area contributed by atoms with E-state index in [4.69, 9.17) is 0 Å². The van der Waals surface area contributed by atoms with Gasteiger partial charge in [-0.05, 0) is 66.5 Å². The van der Waals surface area contributed by atoms with E-state index < -0.39 is 33.1 Å². The molecule has 2 aliphatic carbocycles. The summed E-state index contributed by atoms with van der Waals surface area (Å²) in [7, 11) is -6.08. The molecule has 4 bridgehead atoms. The molecule has 1 N–H and O–H groups in total. The van der Waals surface area contributed by atoms with E-state index in [-0.39, 0.29) is 46.1 Å². The van der Waals surface area contributed by atoms with Crippen LogP contribution in [0, 0.1) is 16.6 Å². The molecule has 2 aliphatic heterocycles. The number of hydrogen-bond acceptors (Lipinski definition) is 4. The average molecular weight is 517 g/mol. The Hall–Kier alpha value is -2.30. The number of nitrogens with one attached hydrogen (secondary N) is 1. The van der Waals surface area contributed by atoms with Gasteiger partial charge < -0.3 is 14.1 Å². The molecule has 35 heavy (non-hydrogen) atoms. The summed E-state index contributed by atoms with van der Waals surface area (Å²) in [5, 5.41) is -0.113. The molecule has 11 heteroatoms. The number of aromatic amines is 1. The van der Waals surface area contributed by atoms with E-state index >= 15 is 0 Å². The quantitative estimate of drug-likeness (QED) is 0.319. The zero-order valence-electron chi connectivity index (χ0n) is 19.7. The molecule has 4 fully saturated rings. The minimum absolute atomic E-state index is 0.0466. The largest absolute Gasteiger partial charge is 0.534 e. The number of carbonyl (C=O) groups excluding carboxylic acids is 1. The third kappa shape index (κ3) is 3.99. The maximum Gasteiger partial charge on any atom is 0.534 e. The van der Waals surface area contributed by atoms with Crippen molar-refractivity contribution in [3.63, 3.8) is 0 Å². The second-order valence-corrected chi connectivity index (χ2v) is 12.9. The normalized spacial score (nSPS) is 31.2. The van der Waals surface area contributed by atoms with Crippen molar-refractivity contribution < 1.29 is 35.0 Å². The van der Waals surface area contributed by atoms with Crippen molar-refractivity contribution in [2.24, 2.45) is 10.8 Å². The SMILES string of the molecule is CC(CC(=O)N1C2CC3(C)CC1CC(C)(C2)C3)c1c[nH]c2ccc(F)c(OS(=O)(=O)C(F)(F)F)c12. The number of amides is 1. The zero-order valence-corrected chi connectivity index (χ0v) is 20.5. The predicted molar refractivity (Wildman–Crippen MR) is 121 cm³/mol. The first kappa shape index (κ1) is 24.4. The minimum Gasteiger partial charge on any atom is -0.372 e. The van der Waals surface area contributed by atoms with E-state index in [0.29, 0.717) is 5.56 Å². The van der Waals surface area contributed by atoms with Gasteiger partial charge in [0, 0.05) is 35.6 Å². The van der Waals surface area contributed by atoms with Crippen molar-refractivity contribution in [3.05, 3.63) is 29.7 Å². The molecule has 1 amide bonds. The number of carbonyl (C=O) groups is 1. The molecule has 2 saturated carbocycles. The van der Waals surface area contributed by atoms with Crippen LogP contribution in [0.3, 0.4) is 0 Å². The number of piperidine rings is 2. The molecule has 0 radical (unpaired) electrons. The van der Waals surface area contributed by atoms with Gasteiger partial charge in [-0.3, -0.25) is 4.79 Å². The Balaban J connectivity index is 1.43. The van der Waals surface area contributed by atoms with Gasteiger partial charge in [0.25, 0.3) is 0 Å². The van der Waals surface area contributed by atoms with E-state index in [1.807, 2.05) is 4.90 Å². The van der Waals surface area contributed by atoms with Crippen molar-refractivity contribution in [1.82, 2.24) is 9.88 Å². The molecule has 0 spiro atoms. The van der Waals surface area contributed by atoms with Crippen LogP contribution < -0.4 is 4.18 Å². The van der Waals surface area contributed by atoms with Crippen molar-refractivity contribution in [2.45, 2.75) is 82.8 Å². The number of fused-ring (bicyclic) bond motifs is 1. The summed E-state index contributed by atoms with van der Waals surface area (Å²) >= 11 is 0. The summed E-state index contributed by atoms with van der Waals surface area (Å²) in [5.41, 5.74) is -4.69. The molecule has 192 valence electrons. The number of rotatable bonds is 5. The Morgan fingerprint density at radius 1 is 1.17 bits per heavy atom. The van der Waals surface area contributed by atoms with Gasteiger partial charge in [0.2, 0.25) is 5.91 Å². The van der Waals surface area contributed by atoms with Crippen molar-refractivity contribution in [2.75, 3.05) is 0 Å². The summed E-state index contributed by atoms with van der Waals surface area (Å²) in [5.74, 6) is -2.82. The topological polar surface area (TPSA) is 79.5 Å². The highest BCUT2D eigenvalue weighted by Crippen LogP contribution is 2.61. The zero-order chi connectivity index (χ0) is 25.6. The second-order valence-electron chi connectivity index (χ2n) is 11.4. The van der Waals surface area contributed by atoms with E-state index in [1.165, 1.54) is 18.7 Å². The summed E-state index contributed by atoms with van der Waals surface area (Å²) in [4.78, 5) is 18.3. The monoisotopic (exact) mass is 516 g/mol. The van der Waals surface area contributed by atoms with Gasteiger partial charge in [0.05, 0.1) is 0 Å². The predicted octanol–water partition coefficient (Wildman–Crippen LogP) is 5.60. The molecule has 2 saturated heterocycles. The highest BCUT2D eigenvalue weighted by Gasteiger charge is 2.58. The van der Waals surface area contributed by atoms with Gasteiger partial charge in [-0.25, -0.2) is 4.39 Å². The fourth-order valence-electron chi connectivity index (χ4n) is 7.30. The van der Waals surface area contributed by atoms with E-state index in [1.54, 1.807) is 6.92 Å². The lowest BCUT2D eigenvalue weighted by Crippen LogP contribution is -2.65. The number of aromatic nitrogens is 1. The van der Waals surface area contributed by atoms with Gasteiger partial charge in [-0.15, -0.1) is 0 Å². The smallest absolute Gasteiger partial charge is 0.372 e. The summed E-state index contributed by atoms with van der Waals surface area (Å²) < 4.78 is 80.8. The number of nitrogens with zero attached hydrogens (tertiary/aromatic N) is 1. The maximum atomic E-state index is 14.5. The fourth-order valence-corrected chi connectivity index (χ4v) is 7.78. The van der Waals surface area contributed by atoms with Crippen LogP contribution in [0.2, 0.25) is 0 Å². The lowest BCUT2D eigenvalue weighted by Gasteiger charge is -2.64. The molecule has 4 aliphatic rings. The average Bonchev–Trinajstić information content (AvgIpc) is 3.11. The van der Waals surface area contributed by atoms with Crippen LogP contribution in [-0.4, -0.2) is 41.8 Å². The Morgan fingerprint density at radius 2 is 1.74 bits per heavy atom. The number of halogens is 4. The molecule has 2 aromatic rings. The first-order valence-electron chi connectivity index (χ1n) is 11.7. The van der Waals surface area contributed by atoms with Gasteiger partial charge in [-0.2, -0.15) is 21.6 Å². The van der Waals surface area contributed by atoms with Crippen LogP contribution in [0.15, 0.2) is 18.3 Å². The Kier molecular flexibility index (Phi) is 5.30. The van der Waals surface area contributed by atoms with E-state index in [9.17, 15) is 30.8 Å². The fraction of sp³-hybridized carbons (Fsp3) is 0.625. The van der Waals surface area contributed by atoms with E-state index in [0.717, 1.165) is 31.7 Å². The van der Waals surface area contributed by atoms with Crippen molar-refractivity contribution in [1.29, 1.82) is 0 Å². The molecule has 1 atom stereocenters. The number of H-pyrrole nitrogens is 1. The van der Waals surface area contributed by atoms with Crippen molar-refractivity contribution >= 4 is 26.9 Å². The van der Waals surface area contributed by atoms with Crippen LogP contribution in [0.1, 0.15) is 70.8 Å². The summed E-state index contributed by atoms with van der Waals surface area (Å²) in [6, 6.07) is 2.46. The molecule has 1 aromatic heterocycles. The van der Waals surface area contributed by atoms with Gasteiger partial charge >= 0.3 is 15.6 Å². The van der Waals surface area contributed by atoms with Crippen molar-refractivity contribution in [3.8, 4) is 5.75 Å². The van der Waals surface area contributed by atoms with Crippen LogP contribution in [0.25, 0.3) is 10.9 Å². The van der Waals surface area contributed by atoms with Crippen LogP contribution >= 0.6 is 0 Å². The lowest BCUT2D eigenvalue weighted by atomic mass is 9.50. The van der Waals surface area contributed by atoms with E-state index in [2.05, 4.69) is 23.0 Å². The van der Waals surface area contributed by atoms with Gasteiger partial charge in [-0.1, -0.05) is 20.8 Å². The maximum absolute atomic E-state index is 14.5. The van der Waals surface area contributed by atoms with Gasteiger partial charge in [0.15, 0.2) is 11.6 Å². The number of hydrogen-bond donors (Lipinski definition) is 1.